The molecule has 0 radical (unpaired) electrons. The van der Waals surface area contributed by atoms with Crippen molar-refractivity contribution in [1.82, 2.24) is 5.32 Å². The maximum absolute atomic E-state index is 11.7. The zero-order valence-corrected chi connectivity index (χ0v) is 13.4. The zero-order chi connectivity index (χ0) is 16.5. The van der Waals surface area contributed by atoms with Gasteiger partial charge in [0.05, 0.1) is 12.7 Å². The van der Waals surface area contributed by atoms with Crippen LogP contribution in [-0.2, 0) is 14.3 Å². The van der Waals surface area contributed by atoms with Crippen LogP contribution in [0.1, 0.15) is 46.5 Å². The van der Waals surface area contributed by atoms with Gasteiger partial charge in [-0.1, -0.05) is 0 Å². The number of hydrogen-bond donors (Lipinski definition) is 3. The van der Waals surface area contributed by atoms with Gasteiger partial charge in [0, 0.05) is 6.04 Å². The zero-order valence-electron chi connectivity index (χ0n) is 13.4. The molecule has 1 spiro atoms. The van der Waals surface area contributed by atoms with Crippen LogP contribution in [0, 0.1) is 5.41 Å². The Balaban J connectivity index is 1.60. The van der Waals surface area contributed by atoms with Crippen molar-refractivity contribution in [3.63, 3.8) is 0 Å². The minimum Gasteiger partial charge on any atom is -0.480 e. The Hall–Kier alpha value is -1.34. The quantitative estimate of drug-likeness (QED) is 0.704. The number of hydrogen-bond acceptors (Lipinski definition) is 5. The lowest BCUT2D eigenvalue weighted by Gasteiger charge is -2.57. The molecule has 2 fully saturated rings. The van der Waals surface area contributed by atoms with Crippen molar-refractivity contribution in [2.45, 2.75) is 70.2 Å². The van der Waals surface area contributed by atoms with Gasteiger partial charge < -0.3 is 25.6 Å². The standard InChI is InChI=1S/C15H26N2O5/c1-14(2,3)22-13(20)17-9-4-15(5-9)6-10(7-15)21-8-11(16)12(18)19/h9-11H,4-8,16H2,1-3H3,(H,17,20)(H,18,19). The highest BCUT2D eigenvalue weighted by molar-refractivity contribution is 5.73. The van der Waals surface area contributed by atoms with E-state index in [1.165, 1.54) is 0 Å². The molecule has 2 aliphatic rings. The van der Waals surface area contributed by atoms with Crippen molar-refractivity contribution in [2.24, 2.45) is 11.1 Å². The lowest BCUT2D eigenvalue weighted by Crippen LogP contribution is -2.58. The largest absolute Gasteiger partial charge is 0.480 e. The molecule has 2 rings (SSSR count). The van der Waals surface area contributed by atoms with Crippen LogP contribution in [0.15, 0.2) is 0 Å². The van der Waals surface area contributed by atoms with Crippen molar-refractivity contribution in [1.29, 1.82) is 0 Å². The van der Waals surface area contributed by atoms with Crippen LogP contribution in [-0.4, -0.2) is 47.6 Å². The number of rotatable bonds is 5. The molecule has 7 heteroatoms. The van der Waals surface area contributed by atoms with Crippen LogP contribution in [0.4, 0.5) is 4.79 Å². The highest BCUT2D eigenvalue weighted by Crippen LogP contribution is 2.56. The van der Waals surface area contributed by atoms with Crippen LogP contribution in [0.25, 0.3) is 0 Å². The van der Waals surface area contributed by atoms with Crippen molar-refractivity contribution in [3.05, 3.63) is 0 Å². The smallest absolute Gasteiger partial charge is 0.407 e. The van der Waals surface area contributed by atoms with Gasteiger partial charge in [0.1, 0.15) is 11.6 Å². The van der Waals surface area contributed by atoms with Crippen LogP contribution in [0.3, 0.4) is 0 Å². The van der Waals surface area contributed by atoms with Gasteiger partial charge in [-0.05, 0) is 51.9 Å². The van der Waals surface area contributed by atoms with E-state index >= 15 is 0 Å². The van der Waals surface area contributed by atoms with Crippen molar-refractivity contribution >= 4 is 12.1 Å². The van der Waals surface area contributed by atoms with Gasteiger partial charge in [-0.2, -0.15) is 0 Å². The molecule has 2 saturated carbocycles. The molecule has 1 unspecified atom stereocenters. The SMILES string of the molecule is CC(C)(C)OC(=O)NC1CC2(C1)CC(OCC(N)C(=O)O)C2. The van der Waals surface area contributed by atoms with Gasteiger partial charge in [0.15, 0.2) is 0 Å². The van der Waals surface area contributed by atoms with E-state index < -0.39 is 17.6 Å². The van der Waals surface area contributed by atoms with Gasteiger partial charge in [-0.3, -0.25) is 4.79 Å². The van der Waals surface area contributed by atoms with Crippen molar-refractivity contribution in [2.75, 3.05) is 6.61 Å². The van der Waals surface area contributed by atoms with Crippen LogP contribution >= 0.6 is 0 Å². The molecule has 0 aliphatic heterocycles. The Kier molecular flexibility index (Phi) is 4.67. The molecule has 0 aromatic carbocycles. The fourth-order valence-electron chi connectivity index (χ4n) is 3.23. The number of carboxylic acids is 1. The summed E-state index contributed by atoms with van der Waals surface area (Å²) in [6, 6.07) is -0.795. The average Bonchev–Trinajstić information content (AvgIpc) is 2.25. The first-order valence-corrected chi connectivity index (χ1v) is 7.68. The minimum atomic E-state index is -1.04. The van der Waals surface area contributed by atoms with Crippen LogP contribution in [0.5, 0.6) is 0 Å². The summed E-state index contributed by atoms with van der Waals surface area (Å²) >= 11 is 0. The lowest BCUT2D eigenvalue weighted by atomic mass is 9.53. The molecule has 0 saturated heterocycles. The Bertz CT molecular complexity index is 432. The molecular weight excluding hydrogens is 288 g/mol. The highest BCUT2D eigenvalue weighted by Gasteiger charge is 2.53. The summed E-state index contributed by atoms with van der Waals surface area (Å²) in [6.07, 6.45) is 3.39. The predicted molar refractivity (Wildman–Crippen MR) is 79.4 cm³/mol. The number of nitrogens with one attached hydrogen (secondary N) is 1. The molecule has 7 nitrogen and oxygen atoms in total. The Morgan fingerprint density at radius 2 is 1.91 bits per heavy atom. The lowest BCUT2D eigenvalue weighted by molar-refractivity contribution is -0.148. The summed E-state index contributed by atoms with van der Waals surface area (Å²) in [5, 5.41) is 11.6. The molecule has 0 heterocycles. The van der Waals surface area contributed by atoms with Crippen molar-refractivity contribution < 1.29 is 24.2 Å². The second-order valence-electron chi connectivity index (χ2n) is 7.56. The van der Waals surface area contributed by atoms with E-state index in [0.29, 0.717) is 0 Å². The van der Waals surface area contributed by atoms with E-state index in [-0.39, 0.29) is 30.3 Å². The number of amides is 1. The van der Waals surface area contributed by atoms with E-state index in [2.05, 4.69) is 5.32 Å². The Labute approximate surface area is 130 Å². The van der Waals surface area contributed by atoms with Gasteiger partial charge in [-0.25, -0.2) is 4.79 Å². The van der Waals surface area contributed by atoms with Crippen molar-refractivity contribution in [3.8, 4) is 0 Å². The summed E-state index contributed by atoms with van der Waals surface area (Å²) in [4.78, 5) is 22.3. The molecule has 126 valence electrons. The number of ether oxygens (including phenoxy) is 2. The Morgan fingerprint density at radius 3 is 2.41 bits per heavy atom. The molecule has 2 aliphatic carbocycles. The number of alkyl carbamates (subject to hydrolysis) is 1. The fraction of sp³-hybridized carbons (Fsp3) is 0.867. The molecular formula is C15H26N2O5. The molecule has 1 amide bonds. The first-order chi connectivity index (χ1) is 10.1. The molecule has 1 atom stereocenters. The second kappa shape index (κ2) is 6.04. The number of carboxylic acid groups (broad SMARTS) is 1. The molecule has 0 aromatic rings. The normalized spacial score (nSPS) is 31.8. The predicted octanol–water partition coefficient (Wildman–Crippen LogP) is 1.25. The number of carbonyl (C=O) groups excluding carboxylic acids is 1. The van der Waals surface area contributed by atoms with Crippen LogP contribution < -0.4 is 11.1 Å². The number of nitrogens with two attached hydrogens (primary N) is 1. The third kappa shape index (κ3) is 4.33. The summed E-state index contributed by atoms with van der Waals surface area (Å²) in [7, 11) is 0. The average molecular weight is 314 g/mol. The first kappa shape index (κ1) is 17.0. The summed E-state index contributed by atoms with van der Waals surface area (Å²) in [5.41, 5.74) is 5.16. The number of carbonyl (C=O) groups is 2. The third-order valence-corrected chi connectivity index (χ3v) is 4.23. The van der Waals surface area contributed by atoms with Gasteiger partial charge in [0.25, 0.3) is 0 Å². The summed E-state index contributed by atoms with van der Waals surface area (Å²) < 4.78 is 10.7. The Morgan fingerprint density at radius 1 is 1.32 bits per heavy atom. The van der Waals surface area contributed by atoms with Gasteiger partial charge in [0.2, 0.25) is 0 Å². The first-order valence-electron chi connectivity index (χ1n) is 7.68. The summed E-state index contributed by atoms with van der Waals surface area (Å²) in [5.74, 6) is -1.04. The number of aliphatic carboxylic acids is 1. The maximum Gasteiger partial charge on any atom is 0.407 e. The minimum absolute atomic E-state index is 0.0513. The van der Waals surface area contributed by atoms with E-state index in [9.17, 15) is 9.59 Å². The monoisotopic (exact) mass is 314 g/mol. The second-order valence-corrected chi connectivity index (χ2v) is 7.56. The third-order valence-electron chi connectivity index (χ3n) is 4.23. The molecule has 4 N–H and O–H groups in total. The molecule has 0 aromatic heterocycles. The molecule has 0 bridgehead atoms. The fourth-order valence-corrected chi connectivity index (χ4v) is 3.23. The van der Waals surface area contributed by atoms with E-state index in [0.717, 1.165) is 25.7 Å². The maximum atomic E-state index is 11.7. The topological polar surface area (TPSA) is 111 Å². The van der Waals surface area contributed by atoms with E-state index in [4.69, 9.17) is 20.3 Å². The van der Waals surface area contributed by atoms with Gasteiger partial charge in [-0.15, -0.1) is 0 Å². The van der Waals surface area contributed by atoms with Crippen LogP contribution in [0.2, 0.25) is 0 Å². The molecule has 22 heavy (non-hydrogen) atoms. The van der Waals surface area contributed by atoms with E-state index in [1.807, 2.05) is 20.8 Å². The highest BCUT2D eigenvalue weighted by atomic mass is 16.6. The van der Waals surface area contributed by atoms with E-state index in [1.54, 1.807) is 0 Å². The van der Waals surface area contributed by atoms with Gasteiger partial charge >= 0.3 is 12.1 Å². The summed E-state index contributed by atoms with van der Waals surface area (Å²) in [6.45, 7) is 5.56.